The van der Waals surface area contributed by atoms with Crippen LogP contribution < -0.4 is 15.0 Å². The lowest BCUT2D eigenvalue weighted by atomic mass is 9.95. The first-order valence-electron chi connectivity index (χ1n) is 13.7. The van der Waals surface area contributed by atoms with Gasteiger partial charge in [0, 0.05) is 50.4 Å². The Balaban J connectivity index is 1.45. The average molecular weight is 590 g/mol. The first-order valence-corrected chi connectivity index (χ1v) is 13.7. The molecule has 9 nitrogen and oxygen atoms in total. The van der Waals surface area contributed by atoms with Crippen LogP contribution in [0.4, 0.5) is 27.8 Å². The Kier molecular flexibility index (Phi) is 7.26. The van der Waals surface area contributed by atoms with Gasteiger partial charge in [-0.1, -0.05) is 0 Å². The van der Waals surface area contributed by atoms with E-state index < -0.39 is 46.3 Å². The van der Waals surface area contributed by atoms with Gasteiger partial charge in [0.25, 0.3) is 0 Å². The normalized spacial score (nSPS) is 24.6. The Morgan fingerprint density at radius 1 is 1.21 bits per heavy atom. The number of piperazine rings is 1. The molecule has 222 valence electrons. The molecule has 3 aromatic rings. The number of hydrogen-bond donors (Lipinski definition) is 2. The number of alkyl halides is 4. The second-order valence-electron chi connectivity index (χ2n) is 11.1. The number of rotatable bonds is 6. The standard InChI is InChI=1S/C28H28F5N7O2/c29-16-11-27(5-1-8-40(27)13-16)15-42-26-37-24-20(25(38-26)39-9-7-35-17(14-39)4-6-34)12-36-23(22(24)30)19-10-18(41)2-3-21(19)28(31,32)33/h2-3,10,12,16-17,35,41H,1,4-5,7-9,11,13-15H2/t16-,17+,27+/m1/s1. The van der Waals surface area contributed by atoms with Crippen LogP contribution in [0, 0.1) is 17.1 Å². The highest BCUT2D eigenvalue weighted by Crippen LogP contribution is 2.42. The highest BCUT2D eigenvalue weighted by Gasteiger charge is 2.49. The van der Waals surface area contributed by atoms with Crippen molar-refractivity contribution >= 4 is 16.7 Å². The molecule has 0 radical (unpaired) electrons. The van der Waals surface area contributed by atoms with E-state index in [1.54, 1.807) is 0 Å². The molecule has 14 heteroatoms. The summed E-state index contributed by atoms with van der Waals surface area (Å²) >= 11 is 0. The zero-order valence-electron chi connectivity index (χ0n) is 22.5. The third kappa shape index (κ3) is 5.15. The summed E-state index contributed by atoms with van der Waals surface area (Å²) in [6.07, 6.45) is -2.49. The third-order valence-electron chi connectivity index (χ3n) is 8.33. The van der Waals surface area contributed by atoms with Crippen LogP contribution in [0.2, 0.25) is 0 Å². The van der Waals surface area contributed by atoms with Crippen molar-refractivity contribution in [3.05, 3.63) is 35.8 Å². The van der Waals surface area contributed by atoms with Crippen molar-refractivity contribution in [3.63, 3.8) is 0 Å². The van der Waals surface area contributed by atoms with Gasteiger partial charge in [-0.25, -0.2) is 8.78 Å². The second-order valence-corrected chi connectivity index (χ2v) is 11.1. The molecule has 3 aliphatic heterocycles. The van der Waals surface area contributed by atoms with E-state index in [0.29, 0.717) is 38.7 Å². The van der Waals surface area contributed by atoms with Gasteiger partial charge in [0.15, 0.2) is 5.82 Å². The van der Waals surface area contributed by atoms with Gasteiger partial charge in [0.1, 0.15) is 35.6 Å². The van der Waals surface area contributed by atoms with E-state index in [9.17, 15) is 27.9 Å². The number of nitrogens with zero attached hydrogens (tertiary/aromatic N) is 6. The SMILES string of the molecule is N#CC[C@H]1CN(c2nc(OC[C@@]34CCCN3C[C@H](F)C4)nc3c(F)c(-c4cc(O)ccc4C(F)(F)F)ncc23)CCN1. The molecule has 3 atom stereocenters. The Labute approximate surface area is 237 Å². The number of nitrogens with one attached hydrogen (secondary N) is 1. The predicted octanol–water partition coefficient (Wildman–Crippen LogP) is 4.20. The molecule has 0 spiro atoms. The minimum atomic E-state index is -4.84. The average Bonchev–Trinajstić information content (AvgIpc) is 3.47. The third-order valence-corrected chi connectivity index (χ3v) is 8.33. The van der Waals surface area contributed by atoms with Crippen molar-refractivity contribution in [2.75, 3.05) is 44.2 Å². The maximum absolute atomic E-state index is 16.2. The quantitative estimate of drug-likeness (QED) is 0.409. The van der Waals surface area contributed by atoms with Crippen LogP contribution >= 0.6 is 0 Å². The number of phenols is 1. The van der Waals surface area contributed by atoms with E-state index in [2.05, 4.69) is 26.3 Å². The van der Waals surface area contributed by atoms with Crippen LogP contribution in [-0.4, -0.2) is 82.0 Å². The molecule has 0 unspecified atom stereocenters. The van der Waals surface area contributed by atoms with Crippen LogP contribution in [0.1, 0.15) is 31.2 Å². The largest absolute Gasteiger partial charge is 0.508 e. The first-order chi connectivity index (χ1) is 20.1. The van der Waals surface area contributed by atoms with Crippen LogP contribution in [-0.2, 0) is 6.18 Å². The number of benzene rings is 1. The summed E-state index contributed by atoms with van der Waals surface area (Å²) in [5.41, 5.74) is -3.28. The number of halogens is 5. The Hall–Kier alpha value is -3.83. The topological polar surface area (TPSA) is 110 Å². The monoisotopic (exact) mass is 589 g/mol. The van der Waals surface area contributed by atoms with E-state index in [0.717, 1.165) is 31.5 Å². The molecule has 0 amide bonds. The van der Waals surface area contributed by atoms with Gasteiger partial charge < -0.3 is 20.1 Å². The summed E-state index contributed by atoms with van der Waals surface area (Å²) in [4.78, 5) is 16.8. The predicted molar refractivity (Wildman–Crippen MR) is 142 cm³/mol. The van der Waals surface area contributed by atoms with Crippen LogP contribution in [0.25, 0.3) is 22.2 Å². The van der Waals surface area contributed by atoms with Gasteiger partial charge in [-0.15, -0.1) is 0 Å². The molecule has 0 bridgehead atoms. The fraction of sp³-hybridized carbons (Fsp3) is 0.500. The minimum Gasteiger partial charge on any atom is -0.508 e. The number of pyridine rings is 1. The van der Waals surface area contributed by atoms with Gasteiger partial charge in [0.2, 0.25) is 0 Å². The first kappa shape index (κ1) is 28.3. The molecule has 3 saturated heterocycles. The van der Waals surface area contributed by atoms with Gasteiger partial charge in [0.05, 0.1) is 29.0 Å². The molecule has 0 aliphatic carbocycles. The van der Waals surface area contributed by atoms with Gasteiger partial charge in [-0.05, 0) is 37.6 Å². The molecule has 3 aliphatic rings. The van der Waals surface area contributed by atoms with Crippen molar-refractivity contribution in [3.8, 4) is 29.1 Å². The lowest BCUT2D eigenvalue weighted by Crippen LogP contribution is -2.51. The number of phenolic OH excluding ortho intramolecular Hbond substituents is 1. The van der Waals surface area contributed by atoms with Crippen molar-refractivity contribution in [1.82, 2.24) is 25.2 Å². The molecular formula is C28H28F5N7O2. The maximum Gasteiger partial charge on any atom is 0.417 e. The van der Waals surface area contributed by atoms with E-state index in [1.807, 2.05) is 9.80 Å². The molecule has 6 rings (SSSR count). The minimum absolute atomic E-state index is 0.0708. The Morgan fingerprint density at radius 3 is 2.83 bits per heavy atom. The number of hydrogen-bond acceptors (Lipinski definition) is 9. The number of aromatic nitrogens is 3. The van der Waals surface area contributed by atoms with Crippen molar-refractivity contribution in [2.45, 2.75) is 49.6 Å². The molecule has 42 heavy (non-hydrogen) atoms. The van der Waals surface area contributed by atoms with E-state index in [1.165, 1.54) is 6.20 Å². The summed E-state index contributed by atoms with van der Waals surface area (Å²) < 4.78 is 78.0. The number of ether oxygens (including phenoxy) is 1. The smallest absolute Gasteiger partial charge is 0.417 e. The van der Waals surface area contributed by atoms with Crippen molar-refractivity contribution < 1.29 is 31.8 Å². The molecule has 1 aromatic carbocycles. The summed E-state index contributed by atoms with van der Waals surface area (Å²) in [6, 6.07) is 4.08. The number of aromatic hydroxyl groups is 1. The van der Waals surface area contributed by atoms with E-state index in [4.69, 9.17) is 4.74 Å². The van der Waals surface area contributed by atoms with E-state index in [-0.39, 0.29) is 41.8 Å². The summed E-state index contributed by atoms with van der Waals surface area (Å²) in [5.74, 6) is -1.36. The maximum atomic E-state index is 16.2. The van der Waals surface area contributed by atoms with Gasteiger partial charge in [-0.3, -0.25) is 9.88 Å². The van der Waals surface area contributed by atoms with Crippen LogP contribution in [0.3, 0.4) is 0 Å². The van der Waals surface area contributed by atoms with Gasteiger partial charge in [-0.2, -0.15) is 28.4 Å². The van der Waals surface area contributed by atoms with Crippen LogP contribution in [0.15, 0.2) is 24.4 Å². The fourth-order valence-corrected chi connectivity index (χ4v) is 6.40. The van der Waals surface area contributed by atoms with Crippen LogP contribution in [0.5, 0.6) is 11.8 Å². The number of anilines is 1. The second kappa shape index (κ2) is 10.8. The summed E-state index contributed by atoms with van der Waals surface area (Å²) in [6.45, 7) is 2.43. The zero-order valence-corrected chi connectivity index (χ0v) is 22.5. The molecule has 3 fully saturated rings. The Morgan fingerprint density at radius 2 is 2.05 bits per heavy atom. The lowest BCUT2D eigenvalue weighted by molar-refractivity contribution is -0.137. The summed E-state index contributed by atoms with van der Waals surface area (Å²) in [5, 5.41) is 22.5. The summed E-state index contributed by atoms with van der Waals surface area (Å²) in [7, 11) is 0. The molecular weight excluding hydrogens is 561 g/mol. The molecule has 5 heterocycles. The molecule has 2 N–H and O–H groups in total. The zero-order chi connectivity index (χ0) is 29.6. The Bertz CT molecular complexity index is 1550. The number of nitriles is 1. The van der Waals surface area contributed by atoms with Crippen molar-refractivity contribution in [2.24, 2.45) is 0 Å². The highest BCUT2D eigenvalue weighted by atomic mass is 19.4. The van der Waals surface area contributed by atoms with E-state index >= 15 is 4.39 Å². The molecule has 2 aromatic heterocycles. The fourth-order valence-electron chi connectivity index (χ4n) is 6.40. The number of fused-ring (bicyclic) bond motifs is 2. The highest BCUT2D eigenvalue weighted by molar-refractivity contribution is 5.92. The van der Waals surface area contributed by atoms with Crippen molar-refractivity contribution in [1.29, 1.82) is 5.26 Å². The molecule has 0 saturated carbocycles. The lowest BCUT2D eigenvalue weighted by Gasteiger charge is -2.34. The van der Waals surface area contributed by atoms with Gasteiger partial charge >= 0.3 is 12.2 Å².